The average molecular weight is 315 g/mol. The number of hydrogen-bond donors (Lipinski definition) is 3. The molecule has 0 bridgehead atoms. The molecule has 0 heterocycles. The van der Waals surface area contributed by atoms with E-state index in [1.165, 1.54) is 18.2 Å². The maximum absolute atomic E-state index is 12.0. The smallest absolute Gasteiger partial charge is 0.262 e. The van der Waals surface area contributed by atoms with Gasteiger partial charge in [0.05, 0.1) is 0 Å². The summed E-state index contributed by atoms with van der Waals surface area (Å²) in [5, 5.41) is 21.5. The molecule has 2 rings (SSSR count). The molecule has 0 unspecified atom stereocenters. The number of rotatable bonds is 4. The molecule has 23 heavy (non-hydrogen) atoms. The van der Waals surface area contributed by atoms with Crippen molar-refractivity contribution in [2.45, 2.75) is 26.2 Å². The van der Waals surface area contributed by atoms with Gasteiger partial charge in [-0.25, -0.2) is 0 Å². The average Bonchev–Trinajstić information content (AvgIpc) is 2.47. The number of benzene rings is 2. The van der Waals surface area contributed by atoms with Gasteiger partial charge in [0.1, 0.15) is 17.2 Å². The van der Waals surface area contributed by atoms with E-state index >= 15 is 0 Å². The molecule has 5 heteroatoms. The summed E-state index contributed by atoms with van der Waals surface area (Å²) >= 11 is 0. The number of anilines is 1. The highest BCUT2D eigenvalue weighted by molar-refractivity contribution is 5.91. The quantitative estimate of drug-likeness (QED) is 0.755. The number of phenolic OH excluding ortho intramolecular Hbond substituents is 2. The standard InChI is InChI=1S/C18H21NO4/c1-18(2,3)15-10-14(21)8-9-16(15)23-11-17(22)19-12-4-6-13(20)7-5-12/h4-10,20-21H,11H2,1-3H3,(H,19,22). The zero-order chi connectivity index (χ0) is 17.0. The fourth-order valence-corrected chi connectivity index (χ4v) is 2.12. The van der Waals surface area contributed by atoms with E-state index in [0.29, 0.717) is 11.4 Å². The van der Waals surface area contributed by atoms with Gasteiger partial charge in [-0.05, 0) is 47.9 Å². The van der Waals surface area contributed by atoms with Crippen molar-refractivity contribution in [3.8, 4) is 17.2 Å². The Labute approximate surface area is 135 Å². The van der Waals surface area contributed by atoms with Gasteiger partial charge < -0.3 is 20.3 Å². The molecule has 0 fully saturated rings. The number of aromatic hydroxyl groups is 2. The van der Waals surface area contributed by atoms with Gasteiger partial charge in [-0.1, -0.05) is 20.8 Å². The third-order valence-electron chi connectivity index (χ3n) is 3.28. The van der Waals surface area contributed by atoms with Crippen molar-refractivity contribution in [1.29, 1.82) is 0 Å². The molecule has 0 aliphatic carbocycles. The van der Waals surface area contributed by atoms with Crippen LogP contribution in [0.25, 0.3) is 0 Å². The minimum Gasteiger partial charge on any atom is -0.508 e. The van der Waals surface area contributed by atoms with Gasteiger partial charge in [0, 0.05) is 11.3 Å². The Kier molecular flexibility index (Phi) is 4.79. The maximum atomic E-state index is 12.0. The highest BCUT2D eigenvalue weighted by Gasteiger charge is 2.20. The van der Waals surface area contributed by atoms with E-state index in [2.05, 4.69) is 5.32 Å². The van der Waals surface area contributed by atoms with E-state index in [0.717, 1.165) is 5.56 Å². The van der Waals surface area contributed by atoms with Gasteiger partial charge >= 0.3 is 0 Å². The molecule has 0 radical (unpaired) electrons. The summed E-state index contributed by atoms with van der Waals surface area (Å²) < 4.78 is 5.60. The van der Waals surface area contributed by atoms with Crippen LogP contribution in [0.15, 0.2) is 42.5 Å². The van der Waals surface area contributed by atoms with E-state index in [9.17, 15) is 15.0 Å². The van der Waals surface area contributed by atoms with Crippen molar-refractivity contribution in [3.63, 3.8) is 0 Å². The SMILES string of the molecule is CC(C)(C)c1cc(O)ccc1OCC(=O)Nc1ccc(O)cc1. The molecule has 1 amide bonds. The second kappa shape index (κ2) is 6.60. The lowest BCUT2D eigenvalue weighted by molar-refractivity contribution is -0.118. The summed E-state index contributed by atoms with van der Waals surface area (Å²) in [6, 6.07) is 11.0. The predicted molar refractivity (Wildman–Crippen MR) is 89.0 cm³/mol. The van der Waals surface area contributed by atoms with Gasteiger partial charge in [-0.2, -0.15) is 0 Å². The number of nitrogens with one attached hydrogen (secondary N) is 1. The molecular formula is C18H21NO4. The first-order valence-corrected chi connectivity index (χ1v) is 7.31. The van der Waals surface area contributed by atoms with Crippen LogP contribution in [0.2, 0.25) is 0 Å². The van der Waals surface area contributed by atoms with Crippen LogP contribution < -0.4 is 10.1 Å². The van der Waals surface area contributed by atoms with Gasteiger partial charge in [-0.15, -0.1) is 0 Å². The van der Waals surface area contributed by atoms with Gasteiger partial charge in [0.15, 0.2) is 6.61 Å². The topological polar surface area (TPSA) is 78.8 Å². The molecule has 0 atom stereocenters. The summed E-state index contributed by atoms with van der Waals surface area (Å²) in [5.74, 6) is 0.564. The van der Waals surface area contributed by atoms with Crippen molar-refractivity contribution < 1.29 is 19.7 Å². The monoisotopic (exact) mass is 315 g/mol. The summed E-state index contributed by atoms with van der Waals surface area (Å²) in [5.41, 5.74) is 1.19. The van der Waals surface area contributed by atoms with E-state index in [4.69, 9.17) is 4.74 Å². The molecular weight excluding hydrogens is 294 g/mol. The first-order valence-electron chi connectivity index (χ1n) is 7.31. The highest BCUT2D eigenvalue weighted by atomic mass is 16.5. The predicted octanol–water partition coefficient (Wildman–Crippen LogP) is 3.41. The number of phenols is 2. The van der Waals surface area contributed by atoms with Crippen LogP contribution >= 0.6 is 0 Å². The fraction of sp³-hybridized carbons (Fsp3) is 0.278. The first kappa shape index (κ1) is 16.7. The van der Waals surface area contributed by atoms with Crippen LogP contribution in [0.4, 0.5) is 5.69 Å². The van der Waals surface area contributed by atoms with Crippen LogP contribution in [0.1, 0.15) is 26.3 Å². The number of amides is 1. The molecule has 122 valence electrons. The minimum atomic E-state index is -0.302. The first-order chi connectivity index (χ1) is 10.8. The summed E-state index contributed by atoms with van der Waals surface area (Å²) in [4.78, 5) is 12.0. The largest absolute Gasteiger partial charge is 0.508 e. The van der Waals surface area contributed by atoms with E-state index in [1.54, 1.807) is 24.3 Å². The molecule has 0 aliphatic rings. The number of ether oxygens (including phenoxy) is 1. The molecule has 2 aromatic carbocycles. The lowest BCUT2D eigenvalue weighted by Gasteiger charge is -2.23. The molecule has 3 N–H and O–H groups in total. The number of carbonyl (C=O) groups is 1. The zero-order valence-electron chi connectivity index (χ0n) is 13.5. The van der Waals surface area contributed by atoms with Gasteiger partial charge in [0.25, 0.3) is 5.91 Å². The Hall–Kier alpha value is -2.69. The summed E-state index contributed by atoms with van der Waals surface area (Å²) in [7, 11) is 0. The van der Waals surface area contributed by atoms with Crippen molar-refractivity contribution in [3.05, 3.63) is 48.0 Å². The summed E-state index contributed by atoms with van der Waals surface area (Å²) in [6.07, 6.45) is 0. The van der Waals surface area contributed by atoms with Crippen LogP contribution in [-0.2, 0) is 10.2 Å². The lowest BCUT2D eigenvalue weighted by atomic mass is 9.86. The van der Waals surface area contributed by atoms with E-state index in [1.807, 2.05) is 20.8 Å². The lowest BCUT2D eigenvalue weighted by Crippen LogP contribution is -2.21. The molecule has 5 nitrogen and oxygen atoms in total. The highest BCUT2D eigenvalue weighted by Crippen LogP contribution is 2.33. The minimum absolute atomic E-state index is 0.137. The second-order valence-corrected chi connectivity index (χ2v) is 6.31. The Bertz CT molecular complexity index is 687. The van der Waals surface area contributed by atoms with Crippen LogP contribution in [0.5, 0.6) is 17.2 Å². The van der Waals surface area contributed by atoms with Gasteiger partial charge in [0.2, 0.25) is 0 Å². The third-order valence-corrected chi connectivity index (χ3v) is 3.28. The van der Waals surface area contributed by atoms with Crippen LogP contribution in [0.3, 0.4) is 0 Å². The Morgan fingerprint density at radius 3 is 2.26 bits per heavy atom. The molecule has 0 saturated carbocycles. The number of hydrogen-bond acceptors (Lipinski definition) is 4. The van der Waals surface area contributed by atoms with Gasteiger partial charge in [-0.3, -0.25) is 4.79 Å². The second-order valence-electron chi connectivity index (χ2n) is 6.31. The van der Waals surface area contributed by atoms with Crippen LogP contribution in [0, 0.1) is 0 Å². The fourth-order valence-electron chi connectivity index (χ4n) is 2.12. The number of carbonyl (C=O) groups excluding carboxylic acids is 1. The zero-order valence-corrected chi connectivity index (χ0v) is 13.5. The molecule has 0 aromatic heterocycles. The van der Waals surface area contributed by atoms with Crippen molar-refractivity contribution in [2.75, 3.05) is 11.9 Å². The normalized spacial score (nSPS) is 11.1. The Balaban J connectivity index is 2.03. The van der Waals surface area contributed by atoms with Crippen molar-refractivity contribution in [2.24, 2.45) is 0 Å². The Morgan fingerprint density at radius 2 is 1.65 bits per heavy atom. The van der Waals surface area contributed by atoms with E-state index in [-0.39, 0.29) is 29.4 Å². The summed E-state index contributed by atoms with van der Waals surface area (Å²) in [6.45, 7) is 5.87. The van der Waals surface area contributed by atoms with Crippen molar-refractivity contribution >= 4 is 11.6 Å². The molecule has 2 aromatic rings. The van der Waals surface area contributed by atoms with Crippen LogP contribution in [-0.4, -0.2) is 22.7 Å². The molecule has 0 aliphatic heterocycles. The molecule has 0 saturated heterocycles. The molecule has 0 spiro atoms. The third kappa shape index (κ3) is 4.64. The van der Waals surface area contributed by atoms with E-state index < -0.39 is 0 Å². The Morgan fingerprint density at radius 1 is 1.04 bits per heavy atom. The maximum Gasteiger partial charge on any atom is 0.262 e. The van der Waals surface area contributed by atoms with Crippen molar-refractivity contribution in [1.82, 2.24) is 0 Å².